The van der Waals surface area contributed by atoms with Crippen molar-refractivity contribution in [2.75, 3.05) is 13.2 Å². The SMILES string of the molecule is CC(O)C(NC(=O)N(CCO)C(C)C)C(=O)O. The van der Waals surface area contributed by atoms with E-state index in [9.17, 15) is 14.7 Å². The molecule has 0 aromatic heterocycles. The van der Waals surface area contributed by atoms with Crippen molar-refractivity contribution in [1.82, 2.24) is 10.2 Å². The maximum absolute atomic E-state index is 11.7. The lowest BCUT2D eigenvalue weighted by Crippen LogP contribution is -2.54. The zero-order valence-corrected chi connectivity index (χ0v) is 10.3. The minimum absolute atomic E-state index is 0.107. The first-order chi connectivity index (χ1) is 7.81. The highest BCUT2D eigenvalue weighted by Crippen LogP contribution is 2.01. The molecule has 0 aromatic rings. The molecule has 0 radical (unpaired) electrons. The molecular weight excluding hydrogens is 228 g/mol. The first-order valence-corrected chi connectivity index (χ1v) is 5.40. The highest BCUT2D eigenvalue weighted by Gasteiger charge is 2.27. The molecule has 100 valence electrons. The van der Waals surface area contributed by atoms with E-state index in [1.807, 2.05) is 0 Å². The molecule has 0 bridgehead atoms. The lowest BCUT2D eigenvalue weighted by atomic mass is 10.2. The summed E-state index contributed by atoms with van der Waals surface area (Å²) in [6.07, 6.45) is -1.19. The normalized spacial score (nSPS) is 14.2. The van der Waals surface area contributed by atoms with E-state index in [4.69, 9.17) is 10.2 Å². The van der Waals surface area contributed by atoms with Crippen LogP contribution in [0.1, 0.15) is 20.8 Å². The molecule has 0 aromatic carbocycles. The summed E-state index contributed by atoms with van der Waals surface area (Å²) < 4.78 is 0. The second-order valence-electron chi connectivity index (χ2n) is 4.02. The van der Waals surface area contributed by atoms with Crippen LogP contribution in [0, 0.1) is 0 Å². The van der Waals surface area contributed by atoms with Gasteiger partial charge in [0.25, 0.3) is 0 Å². The average Bonchev–Trinajstić information content (AvgIpc) is 2.20. The van der Waals surface area contributed by atoms with Crippen LogP contribution >= 0.6 is 0 Å². The van der Waals surface area contributed by atoms with Crippen LogP contribution in [0.5, 0.6) is 0 Å². The van der Waals surface area contributed by atoms with Gasteiger partial charge in [-0.15, -0.1) is 0 Å². The smallest absolute Gasteiger partial charge is 0.328 e. The Balaban J connectivity index is 4.62. The number of aliphatic hydroxyl groups is 2. The molecule has 0 aliphatic heterocycles. The third kappa shape index (κ3) is 5.01. The molecule has 0 spiro atoms. The minimum Gasteiger partial charge on any atom is -0.480 e. The van der Waals surface area contributed by atoms with Gasteiger partial charge in [0.1, 0.15) is 0 Å². The quantitative estimate of drug-likeness (QED) is 0.493. The fraction of sp³-hybridized carbons (Fsp3) is 0.800. The van der Waals surface area contributed by atoms with Gasteiger partial charge in [0, 0.05) is 12.6 Å². The summed E-state index contributed by atoms with van der Waals surface area (Å²) in [5.41, 5.74) is 0. The highest BCUT2D eigenvalue weighted by molar-refractivity contribution is 5.83. The van der Waals surface area contributed by atoms with Crippen molar-refractivity contribution in [3.05, 3.63) is 0 Å². The number of carboxylic acids is 1. The molecule has 0 heterocycles. The van der Waals surface area contributed by atoms with Gasteiger partial charge in [-0.1, -0.05) is 0 Å². The van der Waals surface area contributed by atoms with Crippen LogP contribution < -0.4 is 5.32 Å². The number of carboxylic acid groups (broad SMARTS) is 1. The van der Waals surface area contributed by atoms with Gasteiger partial charge in [0.15, 0.2) is 6.04 Å². The maximum atomic E-state index is 11.7. The first-order valence-electron chi connectivity index (χ1n) is 5.40. The second kappa shape index (κ2) is 7.08. The Morgan fingerprint density at radius 3 is 2.12 bits per heavy atom. The summed E-state index contributed by atoms with van der Waals surface area (Å²) in [6, 6.07) is -2.16. The van der Waals surface area contributed by atoms with E-state index in [-0.39, 0.29) is 19.2 Å². The highest BCUT2D eigenvalue weighted by atomic mass is 16.4. The Bertz CT molecular complexity index is 267. The first kappa shape index (κ1) is 15.7. The largest absolute Gasteiger partial charge is 0.480 e. The summed E-state index contributed by atoms with van der Waals surface area (Å²) in [5, 5.41) is 29.0. The lowest BCUT2D eigenvalue weighted by molar-refractivity contribution is -0.141. The number of nitrogens with zero attached hydrogens (tertiary/aromatic N) is 1. The number of hydrogen-bond donors (Lipinski definition) is 4. The molecule has 0 fully saturated rings. The van der Waals surface area contributed by atoms with E-state index >= 15 is 0 Å². The van der Waals surface area contributed by atoms with Gasteiger partial charge >= 0.3 is 12.0 Å². The monoisotopic (exact) mass is 248 g/mol. The Morgan fingerprint density at radius 1 is 1.29 bits per heavy atom. The van der Waals surface area contributed by atoms with Crippen molar-refractivity contribution in [3.63, 3.8) is 0 Å². The van der Waals surface area contributed by atoms with Gasteiger partial charge in [-0.25, -0.2) is 9.59 Å². The molecule has 0 saturated heterocycles. The molecule has 2 atom stereocenters. The molecule has 7 heteroatoms. The van der Waals surface area contributed by atoms with Crippen LogP contribution in [0.3, 0.4) is 0 Å². The Labute approximate surface area is 100 Å². The topological polar surface area (TPSA) is 110 Å². The summed E-state index contributed by atoms with van der Waals surface area (Å²) in [4.78, 5) is 23.8. The Morgan fingerprint density at radius 2 is 1.82 bits per heavy atom. The van der Waals surface area contributed by atoms with E-state index in [0.29, 0.717) is 0 Å². The van der Waals surface area contributed by atoms with Gasteiger partial charge in [0.05, 0.1) is 12.7 Å². The minimum atomic E-state index is -1.36. The van der Waals surface area contributed by atoms with Crippen LogP contribution in [0.4, 0.5) is 4.79 Å². The standard InChI is InChI=1S/C10H20N2O5/c1-6(2)12(4-5-13)10(17)11-8(7(3)14)9(15)16/h6-8,13-14H,4-5H2,1-3H3,(H,11,17)(H,15,16). The average molecular weight is 248 g/mol. The van der Waals surface area contributed by atoms with E-state index in [0.717, 1.165) is 0 Å². The third-order valence-electron chi connectivity index (χ3n) is 2.25. The summed E-state index contributed by atoms with van der Waals surface area (Å²) in [6.45, 7) is 4.67. The van der Waals surface area contributed by atoms with Crippen LogP contribution in [0.2, 0.25) is 0 Å². The molecule has 0 aliphatic carbocycles. The Hall–Kier alpha value is -1.34. The maximum Gasteiger partial charge on any atom is 0.328 e. The molecule has 0 rings (SSSR count). The molecule has 7 nitrogen and oxygen atoms in total. The van der Waals surface area contributed by atoms with Gasteiger partial charge in [-0.3, -0.25) is 0 Å². The van der Waals surface area contributed by atoms with Crippen LogP contribution in [-0.2, 0) is 4.79 Å². The van der Waals surface area contributed by atoms with E-state index in [1.54, 1.807) is 13.8 Å². The van der Waals surface area contributed by atoms with Crippen molar-refractivity contribution >= 4 is 12.0 Å². The van der Waals surface area contributed by atoms with E-state index in [2.05, 4.69) is 5.32 Å². The number of aliphatic hydroxyl groups excluding tert-OH is 2. The molecule has 17 heavy (non-hydrogen) atoms. The molecule has 2 unspecified atom stereocenters. The second-order valence-corrected chi connectivity index (χ2v) is 4.02. The van der Waals surface area contributed by atoms with Crippen molar-refractivity contribution in [1.29, 1.82) is 0 Å². The van der Waals surface area contributed by atoms with Gasteiger partial charge < -0.3 is 25.5 Å². The van der Waals surface area contributed by atoms with Gasteiger partial charge in [-0.05, 0) is 20.8 Å². The summed E-state index contributed by atoms with van der Waals surface area (Å²) in [7, 11) is 0. The summed E-state index contributed by atoms with van der Waals surface area (Å²) in [5.74, 6) is -1.30. The fourth-order valence-corrected chi connectivity index (χ4v) is 1.31. The Kier molecular flexibility index (Phi) is 6.52. The van der Waals surface area contributed by atoms with Crippen molar-refractivity contribution in [3.8, 4) is 0 Å². The number of carbonyl (C=O) groups is 2. The van der Waals surface area contributed by atoms with Crippen molar-refractivity contribution < 1.29 is 24.9 Å². The van der Waals surface area contributed by atoms with Crippen molar-refractivity contribution in [2.24, 2.45) is 0 Å². The summed E-state index contributed by atoms with van der Waals surface area (Å²) >= 11 is 0. The number of urea groups is 1. The van der Waals surface area contributed by atoms with Crippen LogP contribution in [0.25, 0.3) is 0 Å². The van der Waals surface area contributed by atoms with E-state index < -0.39 is 24.1 Å². The zero-order valence-electron chi connectivity index (χ0n) is 10.3. The predicted molar refractivity (Wildman–Crippen MR) is 60.6 cm³/mol. The number of aliphatic carboxylic acids is 1. The van der Waals surface area contributed by atoms with Gasteiger partial charge in [0.2, 0.25) is 0 Å². The number of hydrogen-bond acceptors (Lipinski definition) is 4. The van der Waals surface area contributed by atoms with E-state index in [1.165, 1.54) is 11.8 Å². The lowest BCUT2D eigenvalue weighted by Gasteiger charge is -2.28. The van der Waals surface area contributed by atoms with Crippen LogP contribution in [-0.4, -0.2) is 63.6 Å². The number of nitrogens with one attached hydrogen (secondary N) is 1. The molecular formula is C10H20N2O5. The molecule has 2 amide bonds. The molecule has 0 saturated carbocycles. The van der Waals surface area contributed by atoms with Gasteiger partial charge in [-0.2, -0.15) is 0 Å². The predicted octanol–water partition coefficient (Wildman–Crippen LogP) is -0.767. The number of carbonyl (C=O) groups excluding carboxylic acids is 1. The van der Waals surface area contributed by atoms with Crippen LogP contribution in [0.15, 0.2) is 0 Å². The van der Waals surface area contributed by atoms with Crippen molar-refractivity contribution in [2.45, 2.75) is 39.0 Å². The number of rotatable bonds is 6. The fourth-order valence-electron chi connectivity index (χ4n) is 1.31. The zero-order chi connectivity index (χ0) is 13.6. The molecule has 0 aliphatic rings. The third-order valence-corrected chi connectivity index (χ3v) is 2.25. The number of amides is 2. The molecule has 4 N–H and O–H groups in total.